The molecule has 0 atom stereocenters. The molecule has 0 aliphatic rings. The second-order valence-electron chi connectivity index (χ2n) is 9.88. The lowest BCUT2D eigenvalue weighted by Crippen LogP contribution is -2.23. The minimum atomic E-state index is -5.10. The van der Waals surface area contributed by atoms with Gasteiger partial charge in [0.05, 0.1) is 24.4 Å². The molecule has 266 valence electrons. The summed E-state index contributed by atoms with van der Waals surface area (Å²) >= 11 is 1.09. The van der Waals surface area contributed by atoms with Crippen LogP contribution in [0.5, 0.6) is 6.01 Å². The van der Waals surface area contributed by atoms with Crippen LogP contribution in [0.25, 0.3) is 5.65 Å². The average molecular weight is 761 g/mol. The van der Waals surface area contributed by atoms with Crippen LogP contribution in [0.4, 0.5) is 40.8 Å². The molecule has 4 rings (SSSR count). The van der Waals surface area contributed by atoms with Crippen LogP contribution in [-0.4, -0.2) is 62.8 Å². The van der Waals surface area contributed by atoms with Gasteiger partial charge in [0.1, 0.15) is 23.0 Å². The van der Waals surface area contributed by atoms with E-state index in [1.54, 1.807) is 18.6 Å². The van der Waals surface area contributed by atoms with Crippen LogP contribution in [0.15, 0.2) is 29.6 Å². The molecule has 3 heterocycles. The standard InChI is InChI=1S/C15H16F5NO2S2.C12H8F3N5O3S/c1-6(2)5-7-8(13(22)24-3)10(12(16)17)21-11(15(18,19)20)9(7)14(23)25-4;1-23-12-16-5-8(15)10-17-11(18-20(10)12)24(21,22)19-9-6(13)3-2-4-7(9)14/h6,12H,5H2,1-4H3;2-5,19H,1H3. The van der Waals surface area contributed by atoms with Crippen LogP contribution in [0.1, 0.15) is 57.9 Å². The molecule has 0 saturated carbocycles. The zero-order chi connectivity index (χ0) is 37.0. The highest BCUT2D eigenvalue weighted by molar-refractivity contribution is 8.13. The Morgan fingerprint density at radius 1 is 0.980 bits per heavy atom. The number of hydrogen-bond acceptors (Lipinski definition) is 11. The van der Waals surface area contributed by atoms with Crippen molar-refractivity contribution in [1.82, 2.24) is 24.6 Å². The fraction of sp³-hybridized carbons (Fsp3) is 0.333. The zero-order valence-electron chi connectivity index (χ0n) is 25.7. The number of rotatable bonds is 9. The number of methoxy groups -OCH3 is 1. The van der Waals surface area contributed by atoms with Gasteiger partial charge in [0, 0.05) is 0 Å². The number of carbonyl (C=O) groups is 2. The molecule has 0 radical (unpaired) electrons. The molecular formula is C27H24F8N6O5S3. The Hall–Kier alpha value is -4.05. The molecular weight excluding hydrogens is 737 g/mol. The third-order valence-electron chi connectivity index (χ3n) is 6.09. The Morgan fingerprint density at radius 3 is 2.04 bits per heavy atom. The lowest BCUT2D eigenvalue weighted by molar-refractivity contribution is -0.141. The van der Waals surface area contributed by atoms with Crippen LogP contribution in [0.3, 0.4) is 0 Å². The molecule has 49 heavy (non-hydrogen) atoms. The van der Waals surface area contributed by atoms with E-state index in [-0.39, 0.29) is 23.9 Å². The van der Waals surface area contributed by atoms with E-state index >= 15 is 0 Å². The third-order valence-corrected chi connectivity index (χ3v) is 8.36. The molecule has 0 unspecified atom stereocenters. The van der Waals surface area contributed by atoms with Crippen molar-refractivity contribution in [2.45, 2.75) is 38.0 Å². The number of carbonyl (C=O) groups excluding carboxylic acids is 2. The second-order valence-corrected chi connectivity index (χ2v) is 13.0. The maximum absolute atomic E-state index is 13.7. The summed E-state index contributed by atoms with van der Waals surface area (Å²) in [5.74, 6) is -3.49. The Balaban J connectivity index is 0.000000265. The Kier molecular flexibility index (Phi) is 12.6. The van der Waals surface area contributed by atoms with Gasteiger partial charge in [0.2, 0.25) is 10.2 Å². The maximum Gasteiger partial charge on any atom is 0.434 e. The van der Waals surface area contributed by atoms with Gasteiger partial charge in [-0.1, -0.05) is 43.4 Å². The SMILES string of the molecule is COc1ncc(F)c2nc(S(=O)(=O)Nc3c(F)cccc3F)nn12.CSC(=O)c1c(C(F)F)nc(C(F)(F)F)c(C(=O)SC)c1CC(C)C. The van der Waals surface area contributed by atoms with Gasteiger partial charge in [-0.25, -0.2) is 31.9 Å². The molecule has 11 nitrogen and oxygen atoms in total. The molecule has 22 heteroatoms. The molecule has 4 aromatic rings. The number of ether oxygens (including phenoxy) is 1. The van der Waals surface area contributed by atoms with E-state index in [0.717, 1.165) is 24.4 Å². The Bertz CT molecular complexity index is 1970. The highest BCUT2D eigenvalue weighted by Gasteiger charge is 2.42. The van der Waals surface area contributed by atoms with Crippen LogP contribution in [-0.2, 0) is 22.6 Å². The molecule has 0 bridgehead atoms. The second kappa shape index (κ2) is 15.7. The first-order chi connectivity index (χ1) is 22.8. The molecule has 0 spiro atoms. The van der Waals surface area contributed by atoms with E-state index in [9.17, 15) is 53.1 Å². The number of fused-ring (bicyclic) bond motifs is 1. The number of sulfonamides is 1. The smallest absolute Gasteiger partial charge is 0.434 e. The first kappa shape index (κ1) is 39.4. The van der Waals surface area contributed by atoms with E-state index in [2.05, 4.69) is 20.1 Å². The lowest BCUT2D eigenvalue weighted by Gasteiger charge is -2.21. The van der Waals surface area contributed by atoms with E-state index < -0.39 is 89.3 Å². The van der Waals surface area contributed by atoms with E-state index in [1.807, 2.05) is 0 Å². The molecule has 3 aromatic heterocycles. The van der Waals surface area contributed by atoms with Crippen molar-refractivity contribution in [1.29, 1.82) is 0 Å². The molecule has 0 fully saturated rings. The number of aromatic nitrogens is 5. The highest BCUT2D eigenvalue weighted by atomic mass is 32.2. The largest absolute Gasteiger partial charge is 0.467 e. The summed E-state index contributed by atoms with van der Waals surface area (Å²) in [6, 6.07) is 2.57. The highest BCUT2D eigenvalue weighted by Crippen LogP contribution is 2.39. The van der Waals surface area contributed by atoms with Gasteiger partial charge >= 0.3 is 12.2 Å². The fourth-order valence-corrected chi connectivity index (χ4v) is 5.92. The van der Waals surface area contributed by atoms with Gasteiger partial charge in [-0.05, 0) is 42.5 Å². The third kappa shape index (κ3) is 8.76. The van der Waals surface area contributed by atoms with E-state index in [0.29, 0.717) is 28.0 Å². The Labute approximate surface area is 281 Å². The van der Waals surface area contributed by atoms with Crippen LogP contribution < -0.4 is 9.46 Å². The number of nitrogens with one attached hydrogen (secondary N) is 1. The first-order valence-corrected chi connectivity index (χ1v) is 17.2. The van der Waals surface area contributed by atoms with Crippen molar-refractivity contribution >= 4 is 55.1 Å². The van der Waals surface area contributed by atoms with Crippen molar-refractivity contribution in [3.8, 4) is 6.01 Å². The molecule has 1 N–H and O–H groups in total. The molecule has 0 aliphatic carbocycles. The monoisotopic (exact) mass is 760 g/mol. The first-order valence-electron chi connectivity index (χ1n) is 13.3. The number of thioether (sulfide) groups is 2. The number of halogens is 8. The molecule has 0 aliphatic heterocycles. The van der Waals surface area contributed by atoms with Gasteiger partial charge < -0.3 is 4.74 Å². The number of alkyl halides is 5. The number of pyridine rings is 1. The quantitative estimate of drug-likeness (QED) is 0.184. The van der Waals surface area contributed by atoms with Gasteiger partial charge in [0.25, 0.3) is 21.6 Å². The van der Waals surface area contributed by atoms with Gasteiger partial charge in [-0.15, -0.1) is 5.10 Å². The summed E-state index contributed by atoms with van der Waals surface area (Å²) in [5, 5.41) is 0.836. The molecule has 0 saturated heterocycles. The number of nitrogens with zero attached hydrogens (tertiary/aromatic N) is 5. The van der Waals surface area contributed by atoms with Crippen molar-refractivity contribution in [3.05, 3.63) is 69.9 Å². The summed E-state index contributed by atoms with van der Waals surface area (Å²) in [7, 11) is -3.37. The summed E-state index contributed by atoms with van der Waals surface area (Å²) in [6.45, 7) is 3.30. The van der Waals surface area contributed by atoms with Crippen molar-refractivity contribution in [3.63, 3.8) is 0 Å². The zero-order valence-corrected chi connectivity index (χ0v) is 28.1. The predicted molar refractivity (Wildman–Crippen MR) is 163 cm³/mol. The topological polar surface area (TPSA) is 146 Å². The number of anilines is 1. The van der Waals surface area contributed by atoms with Crippen molar-refractivity contribution in [2.24, 2.45) is 5.92 Å². The fourth-order valence-electron chi connectivity index (χ4n) is 4.12. The number of hydrogen-bond donors (Lipinski definition) is 1. The summed E-state index contributed by atoms with van der Waals surface area (Å²) in [5.41, 5.74) is -6.00. The summed E-state index contributed by atoms with van der Waals surface area (Å²) in [4.78, 5) is 34.4. The maximum atomic E-state index is 13.7. The predicted octanol–water partition coefficient (Wildman–Crippen LogP) is 6.59. The van der Waals surface area contributed by atoms with Crippen LogP contribution >= 0.6 is 23.5 Å². The van der Waals surface area contributed by atoms with Crippen LogP contribution in [0, 0.1) is 23.4 Å². The van der Waals surface area contributed by atoms with Crippen LogP contribution in [0.2, 0.25) is 0 Å². The summed E-state index contributed by atoms with van der Waals surface area (Å²) < 4.78 is 139. The normalized spacial score (nSPS) is 11.9. The van der Waals surface area contributed by atoms with Gasteiger partial charge in [-0.2, -0.15) is 31.1 Å². The Morgan fingerprint density at radius 2 is 1.55 bits per heavy atom. The van der Waals surface area contributed by atoms with E-state index in [4.69, 9.17) is 4.74 Å². The average Bonchev–Trinajstić information content (AvgIpc) is 3.49. The minimum Gasteiger partial charge on any atom is -0.467 e. The summed E-state index contributed by atoms with van der Waals surface area (Å²) in [6.07, 6.45) is -5.24. The molecule has 1 aromatic carbocycles. The van der Waals surface area contributed by atoms with E-state index in [1.165, 1.54) is 19.6 Å². The van der Waals surface area contributed by atoms with Crippen molar-refractivity contribution in [2.75, 3.05) is 24.3 Å². The lowest BCUT2D eigenvalue weighted by atomic mass is 9.92. The van der Waals surface area contributed by atoms with Gasteiger partial charge in [0.15, 0.2) is 17.2 Å². The number of benzene rings is 1. The number of para-hydroxylation sites is 1. The van der Waals surface area contributed by atoms with Crippen molar-refractivity contribution < 1.29 is 57.9 Å². The van der Waals surface area contributed by atoms with Gasteiger partial charge in [-0.3, -0.25) is 14.3 Å². The molecule has 0 amide bonds. The minimum absolute atomic E-state index is 0.130.